The maximum absolute atomic E-state index is 11.9. The van der Waals surface area contributed by atoms with Crippen molar-refractivity contribution in [2.75, 3.05) is 7.11 Å². The van der Waals surface area contributed by atoms with Gasteiger partial charge in [-0.1, -0.05) is 47.9 Å². The zero-order chi connectivity index (χ0) is 15.9. The van der Waals surface area contributed by atoms with E-state index in [1.54, 1.807) is 20.1 Å². The molecule has 112 valence electrons. The second kappa shape index (κ2) is 7.53. The Balaban J connectivity index is 2.46. The lowest BCUT2D eigenvalue weighted by Crippen LogP contribution is -2.28. The van der Waals surface area contributed by atoms with E-state index in [1.807, 2.05) is 42.5 Å². The highest BCUT2D eigenvalue weighted by Gasteiger charge is 2.19. The van der Waals surface area contributed by atoms with Crippen LogP contribution in [0.2, 0.25) is 5.02 Å². The van der Waals surface area contributed by atoms with Crippen molar-refractivity contribution in [3.63, 3.8) is 0 Å². The minimum atomic E-state index is -0.392. The molecule has 2 aromatic rings. The molecular weight excluding hydrogens is 298 g/mol. The lowest BCUT2D eigenvalue weighted by Gasteiger charge is -2.20. The molecular formula is C18H16ClNO2. The summed E-state index contributed by atoms with van der Waals surface area (Å²) in [6, 6.07) is 14.5. The molecule has 0 saturated heterocycles. The number of ether oxygens (including phenoxy) is 1. The first-order chi connectivity index (χ1) is 10.7. The largest absolute Gasteiger partial charge is 0.497 e. The molecule has 0 fully saturated rings. The first-order valence-electron chi connectivity index (χ1n) is 6.77. The number of carbonyl (C=O) groups is 1. The van der Waals surface area contributed by atoms with Crippen LogP contribution in [0.3, 0.4) is 0 Å². The molecule has 1 amide bonds. The second-order valence-corrected chi connectivity index (χ2v) is 4.99. The van der Waals surface area contributed by atoms with Crippen LogP contribution < -0.4 is 10.1 Å². The average Bonchev–Trinajstić information content (AvgIpc) is 2.54. The van der Waals surface area contributed by atoms with Gasteiger partial charge in [0.15, 0.2) is 0 Å². The molecule has 0 aromatic heterocycles. The average molecular weight is 314 g/mol. The summed E-state index contributed by atoms with van der Waals surface area (Å²) in [5.41, 5.74) is 1.68. The van der Waals surface area contributed by atoms with E-state index in [-0.39, 0.29) is 5.91 Å². The maximum atomic E-state index is 11.9. The van der Waals surface area contributed by atoms with Crippen molar-refractivity contribution in [1.29, 1.82) is 0 Å². The zero-order valence-corrected chi connectivity index (χ0v) is 13.1. The van der Waals surface area contributed by atoms with Gasteiger partial charge in [-0.3, -0.25) is 4.79 Å². The van der Waals surface area contributed by atoms with Crippen molar-refractivity contribution >= 4 is 17.5 Å². The van der Waals surface area contributed by atoms with Gasteiger partial charge in [0.05, 0.1) is 13.2 Å². The number of halogens is 1. The van der Waals surface area contributed by atoms with Crippen molar-refractivity contribution in [1.82, 2.24) is 5.32 Å². The second-order valence-electron chi connectivity index (χ2n) is 4.58. The Hall–Kier alpha value is -2.44. The molecule has 0 unspecified atom stereocenters. The van der Waals surface area contributed by atoms with Crippen LogP contribution in [0.15, 0.2) is 48.5 Å². The van der Waals surface area contributed by atoms with Crippen LogP contribution in [-0.2, 0) is 4.79 Å². The summed E-state index contributed by atoms with van der Waals surface area (Å²) in [7, 11) is 1.60. The third-order valence-corrected chi connectivity index (χ3v) is 3.50. The Labute approximate surface area is 135 Å². The summed E-state index contributed by atoms with van der Waals surface area (Å²) in [5.74, 6) is 5.44. The van der Waals surface area contributed by atoms with Gasteiger partial charge in [0, 0.05) is 5.02 Å². The van der Waals surface area contributed by atoms with E-state index < -0.39 is 6.04 Å². The monoisotopic (exact) mass is 313 g/mol. The van der Waals surface area contributed by atoms with Crippen LogP contribution in [0.4, 0.5) is 0 Å². The Kier molecular flexibility index (Phi) is 5.46. The maximum Gasteiger partial charge on any atom is 0.296 e. The molecule has 0 aliphatic heterocycles. The van der Waals surface area contributed by atoms with E-state index in [0.29, 0.717) is 10.8 Å². The molecule has 0 aliphatic rings. The Bertz CT molecular complexity index is 731. The Morgan fingerprint density at radius 1 is 1.23 bits per heavy atom. The fourth-order valence-corrected chi connectivity index (χ4v) is 2.40. The van der Waals surface area contributed by atoms with Crippen molar-refractivity contribution in [2.24, 2.45) is 0 Å². The predicted octanol–water partition coefficient (Wildman–Crippen LogP) is 3.58. The van der Waals surface area contributed by atoms with Crippen LogP contribution in [-0.4, -0.2) is 13.0 Å². The van der Waals surface area contributed by atoms with Crippen LogP contribution in [0, 0.1) is 11.8 Å². The molecule has 1 N–H and O–H groups in total. The summed E-state index contributed by atoms with van der Waals surface area (Å²) in [4.78, 5) is 11.9. The third kappa shape index (κ3) is 3.81. The molecule has 0 heterocycles. The van der Waals surface area contributed by atoms with Crippen molar-refractivity contribution in [2.45, 2.75) is 13.0 Å². The zero-order valence-electron chi connectivity index (χ0n) is 12.4. The van der Waals surface area contributed by atoms with Gasteiger partial charge in [0.2, 0.25) is 0 Å². The van der Waals surface area contributed by atoms with E-state index in [2.05, 4.69) is 17.2 Å². The van der Waals surface area contributed by atoms with Gasteiger partial charge in [-0.05, 0) is 42.2 Å². The molecule has 22 heavy (non-hydrogen) atoms. The predicted molar refractivity (Wildman–Crippen MR) is 87.9 cm³/mol. The van der Waals surface area contributed by atoms with Gasteiger partial charge in [-0.25, -0.2) is 0 Å². The number of methoxy groups -OCH3 is 1. The van der Waals surface area contributed by atoms with E-state index in [4.69, 9.17) is 16.3 Å². The quantitative estimate of drug-likeness (QED) is 0.876. The van der Waals surface area contributed by atoms with Crippen LogP contribution in [0.25, 0.3) is 0 Å². The highest BCUT2D eigenvalue weighted by molar-refractivity contribution is 6.31. The normalized spacial score (nSPS) is 11.0. The summed E-state index contributed by atoms with van der Waals surface area (Å²) in [6.45, 7) is 1.62. The molecule has 0 radical (unpaired) electrons. The molecule has 3 nitrogen and oxygen atoms in total. The lowest BCUT2D eigenvalue weighted by molar-refractivity contribution is -0.116. The number of hydrogen-bond acceptors (Lipinski definition) is 2. The number of rotatable bonds is 4. The minimum absolute atomic E-state index is 0.352. The fourth-order valence-electron chi connectivity index (χ4n) is 2.15. The Morgan fingerprint density at radius 2 is 2.00 bits per heavy atom. The summed E-state index contributed by atoms with van der Waals surface area (Å²) < 4.78 is 5.25. The van der Waals surface area contributed by atoms with E-state index in [9.17, 15) is 4.79 Å². The van der Waals surface area contributed by atoms with Crippen molar-refractivity contribution in [3.8, 4) is 17.6 Å². The third-order valence-electron chi connectivity index (χ3n) is 3.16. The van der Waals surface area contributed by atoms with Crippen LogP contribution >= 0.6 is 11.6 Å². The topological polar surface area (TPSA) is 38.3 Å². The van der Waals surface area contributed by atoms with Gasteiger partial charge >= 0.3 is 0 Å². The number of amides is 1. The van der Waals surface area contributed by atoms with E-state index in [0.717, 1.165) is 11.1 Å². The lowest BCUT2D eigenvalue weighted by atomic mass is 9.98. The SMILES string of the molecule is CC#CC(=O)N[C@H](c1cccc(OC)c1)c1ccccc1Cl. The minimum Gasteiger partial charge on any atom is -0.497 e. The standard InChI is InChI=1S/C18H16ClNO2/c1-3-7-17(21)20-18(15-10-4-5-11-16(15)19)13-8-6-9-14(12-13)22-2/h4-6,8-12,18H,1-2H3,(H,20,21)/t18-/m1/s1. The molecule has 0 spiro atoms. The molecule has 4 heteroatoms. The smallest absolute Gasteiger partial charge is 0.296 e. The highest BCUT2D eigenvalue weighted by Crippen LogP contribution is 2.29. The molecule has 0 saturated carbocycles. The van der Waals surface area contributed by atoms with Crippen molar-refractivity contribution < 1.29 is 9.53 Å². The fraction of sp³-hybridized carbons (Fsp3) is 0.167. The van der Waals surface area contributed by atoms with Gasteiger partial charge in [0.1, 0.15) is 5.75 Å². The molecule has 0 aliphatic carbocycles. The van der Waals surface area contributed by atoms with Crippen molar-refractivity contribution in [3.05, 3.63) is 64.7 Å². The number of benzene rings is 2. The Morgan fingerprint density at radius 3 is 2.68 bits per heavy atom. The summed E-state index contributed by atoms with van der Waals surface area (Å²) in [5, 5.41) is 3.47. The number of hydrogen-bond donors (Lipinski definition) is 1. The number of carbonyl (C=O) groups excluding carboxylic acids is 1. The highest BCUT2D eigenvalue weighted by atomic mass is 35.5. The first-order valence-corrected chi connectivity index (χ1v) is 7.15. The summed E-state index contributed by atoms with van der Waals surface area (Å²) in [6.07, 6.45) is 0. The molecule has 1 atom stereocenters. The summed E-state index contributed by atoms with van der Waals surface area (Å²) >= 11 is 6.28. The molecule has 2 rings (SSSR count). The van der Waals surface area contributed by atoms with Gasteiger partial charge < -0.3 is 10.1 Å². The molecule has 0 bridgehead atoms. The number of nitrogens with one attached hydrogen (secondary N) is 1. The van der Waals surface area contributed by atoms with Gasteiger partial charge in [-0.15, -0.1) is 0 Å². The van der Waals surface area contributed by atoms with Crippen LogP contribution in [0.1, 0.15) is 24.1 Å². The van der Waals surface area contributed by atoms with Gasteiger partial charge in [-0.2, -0.15) is 0 Å². The molecule has 2 aromatic carbocycles. The van der Waals surface area contributed by atoms with Gasteiger partial charge in [0.25, 0.3) is 5.91 Å². The van der Waals surface area contributed by atoms with Crippen LogP contribution in [0.5, 0.6) is 5.75 Å². The first kappa shape index (κ1) is 15.9. The van der Waals surface area contributed by atoms with E-state index in [1.165, 1.54) is 0 Å². The van der Waals surface area contributed by atoms with E-state index >= 15 is 0 Å².